The van der Waals surface area contributed by atoms with Crippen molar-refractivity contribution in [3.05, 3.63) is 118 Å². The van der Waals surface area contributed by atoms with Gasteiger partial charge in [0, 0.05) is 16.7 Å². The summed E-state index contributed by atoms with van der Waals surface area (Å²) < 4.78 is 8.65. The van der Waals surface area contributed by atoms with E-state index >= 15 is 0 Å². The van der Waals surface area contributed by atoms with E-state index in [1.807, 2.05) is 47.0 Å². The molecule has 2 aliphatic rings. The molecule has 2 aromatic heterocycles. The quantitative estimate of drug-likeness (QED) is 0.357. The second-order valence-electron chi connectivity index (χ2n) is 7.81. The number of allylic oxidation sites excluding steroid dienone is 1. The fourth-order valence-electron chi connectivity index (χ4n) is 4.50. The molecule has 0 bridgehead atoms. The van der Waals surface area contributed by atoms with Crippen molar-refractivity contribution < 1.29 is 4.42 Å². The normalized spacial score (nSPS) is 17.6. The Hall–Kier alpha value is -2.67. The number of thiazole rings is 1. The fraction of sp³-hybridized carbons (Fsp3) is 0.120. The first kappa shape index (κ1) is 20.0. The number of aryl methyl sites for hydroxylation is 1. The van der Waals surface area contributed by atoms with Crippen molar-refractivity contribution in [3.63, 3.8) is 0 Å². The first-order valence-corrected chi connectivity index (χ1v) is 12.2. The molecule has 3 heterocycles. The van der Waals surface area contributed by atoms with E-state index in [2.05, 4.69) is 34.1 Å². The van der Waals surface area contributed by atoms with E-state index in [1.54, 1.807) is 6.08 Å². The monoisotopic (exact) mass is 522 g/mol. The second-order valence-corrected chi connectivity index (χ2v) is 10.0. The minimum absolute atomic E-state index is 0.0633. The first-order chi connectivity index (χ1) is 15.6. The van der Waals surface area contributed by atoms with Crippen LogP contribution in [-0.4, -0.2) is 4.57 Å². The molecule has 6 rings (SSSR count). The van der Waals surface area contributed by atoms with E-state index < -0.39 is 0 Å². The van der Waals surface area contributed by atoms with Gasteiger partial charge in [-0.05, 0) is 69.7 Å². The summed E-state index contributed by atoms with van der Waals surface area (Å²) in [7, 11) is 0. The fourth-order valence-corrected chi connectivity index (χ4v) is 5.93. The number of benzene rings is 2. The molecule has 0 unspecified atom stereocenters. The Morgan fingerprint density at radius 3 is 2.69 bits per heavy atom. The number of halogens is 2. The lowest BCUT2D eigenvalue weighted by molar-refractivity contribution is 0.531. The predicted molar refractivity (Wildman–Crippen MR) is 131 cm³/mol. The molecule has 7 heteroatoms. The van der Waals surface area contributed by atoms with Crippen LogP contribution >= 0.6 is 38.9 Å². The maximum Gasteiger partial charge on any atom is 0.271 e. The minimum Gasteiger partial charge on any atom is -0.450 e. The smallest absolute Gasteiger partial charge is 0.271 e. The number of furan rings is 1. The molecule has 0 spiro atoms. The van der Waals surface area contributed by atoms with Gasteiger partial charge in [-0.3, -0.25) is 9.36 Å². The third-order valence-electron chi connectivity index (χ3n) is 5.93. The molecule has 158 valence electrons. The maximum absolute atomic E-state index is 13.6. The SMILES string of the molecule is O=c1/c(=C\c2ccc(Br)o2)sc2n1[C@H](c1ccc(Cl)cc1)C1=C(N=2)c2ccccc2CC1. The molecule has 0 amide bonds. The summed E-state index contributed by atoms with van der Waals surface area (Å²) in [6, 6.07) is 19.6. The third kappa shape index (κ3) is 3.25. The lowest BCUT2D eigenvalue weighted by Crippen LogP contribution is -2.38. The Kier molecular flexibility index (Phi) is 4.82. The number of rotatable bonds is 2. The van der Waals surface area contributed by atoms with E-state index in [0.717, 1.165) is 29.7 Å². The van der Waals surface area contributed by atoms with Gasteiger partial charge in [0.25, 0.3) is 5.56 Å². The number of hydrogen-bond acceptors (Lipinski definition) is 4. The van der Waals surface area contributed by atoms with Gasteiger partial charge in [0.2, 0.25) is 0 Å². The summed E-state index contributed by atoms with van der Waals surface area (Å²) in [5.74, 6) is 0.624. The summed E-state index contributed by atoms with van der Waals surface area (Å²) >= 11 is 10.9. The Labute approximate surface area is 200 Å². The molecule has 1 atom stereocenters. The summed E-state index contributed by atoms with van der Waals surface area (Å²) in [4.78, 5) is 19.3. The van der Waals surface area contributed by atoms with Crippen LogP contribution in [0.1, 0.15) is 34.9 Å². The average Bonchev–Trinajstić information content (AvgIpc) is 3.35. The lowest BCUT2D eigenvalue weighted by atomic mass is 9.83. The van der Waals surface area contributed by atoms with Crippen LogP contribution in [0.2, 0.25) is 5.02 Å². The molecule has 0 fully saturated rings. The van der Waals surface area contributed by atoms with Gasteiger partial charge in [0.15, 0.2) is 9.47 Å². The van der Waals surface area contributed by atoms with Gasteiger partial charge in [-0.1, -0.05) is 59.3 Å². The second kappa shape index (κ2) is 7.73. The molecule has 0 radical (unpaired) electrons. The molecule has 2 aromatic carbocycles. The molecule has 1 aliphatic carbocycles. The van der Waals surface area contributed by atoms with Crippen LogP contribution < -0.4 is 14.9 Å². The van der Waals surface area contributed by atoms with Gasteiger partial charge in [0.05, 0.1) is 16.3 Å². The van der Waals surface area contributed by atoms with Crippen molar-refractivity contribution in [2.45, 2.75) is 18.9 Å². The van der Waals surface area contributed by atoms with Crippen LogP contribution in [0.15, 0.2) is 85.1 Å². The first-order valence-electron chi connectivity index (χ1n) is 10.2. The van der Waals surface area contributed by atoms with Gasteiger partial charge >= 0.3 is 0 Å². The summed E-state index contributed by atoms with van der Waals surface area (Å²) in [5.41, 5.74) is 5.58. The van der Waals surface area contributed by atoms with Crippen molar-refractivity contribution in [1.29, 1.82) is 0 Å². The van der Waals surface area contributed by atoms with Crippen molar-refractivity contribution in [1.82, 2.24) is 4.57 Å². The maximum atomic E-state index is 13.6. The largest absolute Gasteiger partial charge is 0.450 e. The van der Waals surface area contributed by atoms with Crippen molar-refractivity contribution in [2.24, 2.45) is 4.99 Å². The highest BCUT2D eigenvalue weighted by Gasteiger charge is 2.32. The molecule has 4 nitrogen and oxygen atoms in total. The van der Waals surface area contributed by atoms with Crippen LogP contribution in [0.4, 0.5) is 0 Å². The number of fused-ring (bicyclic) bond motifs is 3. The summed E-state index contributed by atoms with van der Waals surface area (Å²) in [6.07, 6.45) is 3.57. The zero-order valence-electron chi connectivity index (χ0n) is 16.7. The highest BCUT2D eigenvalue weighted by atomic mass is 79.9. The molecule has 0 saturated carbocycles. The highest BCUT2D eigenvalue weighted by molar-refractivity contribution is 9.10. The zero-order valence-corrected chi connectivity index (χ0v) is 19.9. The van der Waals surface area contributed by atoms with E-state index in [4.69, 9.17) is 21.0 Å². The molecule has 0 N–H and O–H groups in total. The summed E-state index contributed by atoms with van der Waals surface area (Å²) in [5, 5.41) is 0.674. The van der Waals surface area contributed by atoms with Crippen LogP contribution in [0.5, 0.6) is 0 Å². The lowest BCUT2D eigenvalue weighted by Gasteiger charge is -2.30. The van der Waals surface area contributed by atoms with Crippen molar-refractivity contribution in [3.8, 4) is 0 Å². The van der Waals surface area contributed by atoms with Crippen molar-refractivity contribution in [2.75, 3.05) is 0 Å². The Morgan fingerprint density at radius 2 is 1.91 bits per heavy atom. The van der Waals surface area contributed by atoms with E-state index in [9.17, 15) is 4.79 Å². The molecular weight excluding hydrogens is 508 g/mol. The van der Waals surface area contributed by atoms with Crippen LogP contribution in [0, 0.1) is 0 Å². The highest BCUT2D eigenvalue weighted by Crippen LogP contribution is 2.41. The van der Waals surface area contributed by atoms with Gasteiger partial charge < -0.3 is 4.42 Å². The van der Waals surface area contributed by atoms with Crippen molar-refractivity contribution >= 4 is 50.6 Å². The number of nitrogens with zero attached hydrogens (tertiary/aromatic N) is 2. The molecule has 0 saturated heterocycles. The third-order valence-corrected chi connectivity index (χ3v) is 7.59. The topological polar surface area (TPSA) is 47.5 Å². The standard InChI is InChI=1S/C25H16BrClN2O2S/c26-21-12-10-17(31-21)13-20-24(30)29-23(15-5-8-16(27)9-6-15)19-11-7-14-3-1-2-4-18(14)22(19)28-25(29)32-20/h1-6,8-10,12-13,23H,7,11H2/b20-13+/t23-/m1/s1. The van der Waals surface area contributed by atoms with Gasteiger partial charge in [-0.2, -0.15) is 0 Å². The Balaban J connectivity index is 1.64. The predicted octanol–water partition coefficient (Wildman–Crippen LogP) is 5.33. The zero-order chi connectivity index (χ0) is 21.8. The molecule has 4 aromatic rings. The van der Waals surface area contributed by atoms with Gasteiger partial charge in [-0.15, -0.1) is 0 Å². The van der Waals surface area contributed by atoms with E-state index in [0.29, 0.717) is 24.8 Å². The van der Waals surface area contributed by atoms with Gasteiger partial charge in [-0.25, -0.2) is 4.99 Å². The number of hydrogen-bond donors (Lipinski definition) is 0. The molecule has 32 heavy (non-hydrogen) atoms. The van der Waals surface area contributed by atoms with Crippen LogP contribution in [0.25, 0.3) is 11.8 Å². The summed E-state index contributed by atoms with van der Waals surface area (Å²) in [6.45, 7) is 0. The van der Waals surface area contributed by atoms with E-state index in [-0.39, 0.29) is 11.6 Å². The van der Waals surface area contributed by atoms with E-state index in [1.165, 1.54) is 22.5 Å². The molecule has 1 aliphatic heterocycles. The molecular formula is C25H16BrClN2O2S. The van der Waals surface area contributed by atoms with Crippen LogP contribution in [0.3, 0.4) is 0 Å². The Morgan fingerprint density at radius 1 is 1.09 bits per heavy atom. The Bertz CT molecular complexity index is 1580. The van der Waals surface area contributed by atoms with Crippen LogP contribution in [-0.2, 0) is 6.42 Å². The number of aromatic nitrogens is 1. The average molecular weight is 524 g/mol. The minimum atomic E-state index is -0.211. The van der Waals surface area contributed by atoms with Gasteiger partial charge in [0.1, 0.15) is 5.76 Å².